The minimum Gasteiger partial charge on any atom is -0.362 e. The number of hydrogen-bond acceptors (Lipinski definition) is 3. The first-order valence-electron chi connectivity index (χ1n) is 8.16. The number of hydrogen-bond donors (Lipinski definition) is 1. The number of benzene rings is 1. The van der Waals surface area contributed by atoms with Crippen molar-refractivity contribution in [2.45, 2.75) is 27.2 Å². The number of anilines is 1. The fourth-order valence-corrected chi connectivity index (χ4v) is 3.02. The maximum Gasteiger partial charge on any atom is 0.250 e. The molecule has 0 aliphatic carbocycles. The molecule has 2 amide bonds. The SMILES string of the molecule is Cc1ccc(NC(=O)COCC(=O)N2C[C@H](C)C[C@@H](C)C2)cc1. The zero-order valence-electron chi connectivity index (χ0n) is 14.2. The average molecular weight is 318 g/mol. The summed E-state index contributed by atoms with van der Waals surface area (Å²) >= 11 is 0. The fourth-order valence-electron chi connectivity index (χ4n) is 3.02. The minimum absolute atomic E-state index is 0.0356. The van der Waals surface area contributed by atoms with Gasteiger partial charge in [0.15, 0.2) is 0 Å². The van der Waals surface area contributed by atoms with Gasteiger partial charge in [0.2, 0.25) is 11.8 Å². The number of piperidine rings is 1. The summed E-state index contributed by atoms with van der Waals surface area (Å²) in [5.74, 6) is 0.758. The minimum atomic E-state index is -0.248. The van der Waals surface area contributed by atoms with Crippen LogP contribution in [0.2, 0.25) is 0 Å². The second-order valence-corrected chi connectivity index (χ2v) is 6.65. The van der Waals surface area contributed by atoms with Crippen LogP contribution in [0.5, 0.6) is 0 Å². The zero-order chi connectivity index (χ0) is 16.8. The number of nitrogens with zero attached hydrogens (tertiary/aromatic N) is 1. The van der Waals surface area contributed by atoms with Crippen LogP contribution in [0, 0.1) is 18.8 Å². The first-order valence-corrected chi connectivity index (χ1v) is 8.16. The Morgan fingerprint density at radius 1 is 1.13 bits per heavy atom. The van der Waals surface area contributed by atoms with E-state index in [-0.39, 0.29) is 25.0 Å². The number of aryl methyl sites for hydroxylation is 1. The summed E-state index contributed by atoms with van der Waals surface area (Å²) in [5, 5.41) is 2.75. The Morgan fingerprint density at radius 3 is 2.35 bits per heavy atom. The molecule has 0 aromatic heterocycles. The van der Waals surface area contributed by atoms with Gasteiger partial charge < -0.3 is 15.0 Å². The summed E-state index contributed by atoms with van der Waals surface area (Å²) < 4.78 is 5.27. The van der Waals surface area contributed by atoms with Gasteiger partial charge in [-0.15, -0.1) is 0 Å². The highest BCUT2D eigenvalue weighted by atomic mass is 16.5. The first kappa shape index (κ1) is 17.5. The molecule has 1 aromatic rings. The lowest BCUT2D eigenvalue weighted by atomic mass is 9.92. The Labute approximate surface area is 138 Å². The molecule has 0 bridgehead atoms. The molecule has 126 valence electrons. The standard InChI is InChI=1S/C18H26N2O3/c1-13-4-6-16(7-5-13)19-17(21)11-23-12-18(22)20-9-14(2)8-15(3)10-20/h4-7,14-15H,8-12H2,1-3H3,(H,19,21)/t14-,15-/m1/s1. The van der Waals surface area contributed by atoms with Crippen LogP contribution < -0.4 is 5.32 Å². The summed E-state index contributed by atoms with van der Waals surface area (Å²) in [5.41, 5.74) is 1.86. The van der Waals surface area contributed by atoms with Crippen LogP contribution in [-0.2, 0) is 14.3 Å². The molecular formula is C18H26N2O3. The smallest absolute Gasteiger partial charge is 0.250 e. The molecule has 1 fully saturated rings. The van der Waals surface area contributed by atoms with E-state index in [4.69, 9.17) is 4.74 Å². The van der Waals surface area contributed by atoms with Gasteiger partial charge in [-0.1, -0.05) is 31.5 Å². The number of amides is 2. The lowest BCUT2D eigenvalue weighted by molar-refractivity contribution is -0.140. The second kappa shape index (κ2) is 8.11. The van der Waals surface area contributed by atoms with Crippen LogP contribution in [-0.4, -0.2) is 43.0 Å². The predicted molar refractivity (Wildman–Crippen MR) is 90.2 cm³/mol. The molecule has 1 aliphatic heterocycles. The predicted octanol–water partition coefficient (Wildman–Crippen LogP) is 2.45. The molecule has 1 N–H and O–H groups in total. The van der Waals surface area contributed by atoms with E-state index in [0.29, 0.717) is 11.8 Å². The normalized spacial score (nSPS) is 21.1. The van der Waals surface area contributed by atoms with Gasteiger partial charge in [0.1, 0.15) is 13.2 Å². The Bertz CT molecular complexity index is 532. The van der Waals surface area contributed by atoms with Gasteiger partial charge in [-0.3, -0.25) is 9.59 Å². The molecule has 0 radical (unpaired) electrons. The van der Waals surface area contributed by atoms with E-state index in [1.54, 1.807) is 0 Å². The van der Waals surface area contributed by atoms with Crippen molar-refractivity contribution in [3.05, 3.63) is 29.8 Å². The topological polar surface area (TPSA) is 58.6 Å². The molecule has 5 heteroatoms. The van der Waals surface area contributed by atoms with Crippen LogP contribution in [0.1, 0.15) is 25.8 Å². The Kier molecular flexibility index (Phi) is 6.16. The van der Waals surface area contributed by atoms with Crippen molar-refractivity contribution < 1.29 is 14.3 Å². The van der Waals surface area contributed by atoms with Crippen molar-refractivity contribution in [1.82, 2.24) is 4.90 Å². The molecule has 0 saturated carbocycles. The maximum absolute atomic E-state index is 12.1. The van der Waals surface area contributed by atoms with Gasteiger partial charge in [0, 0.05) is 18.8 Å². The van der Waals surface area contributed by atoms with Crippen molar-refractivity contribution in [1.29, 1.82) is 0 Å². The van der Waals surface area contributed by atoms with E-state index < -0.39 is 0 Å². The molecule has 5 nitrogen and oxygen atoms in total. The number of carbonyl (C=O) groups is 2. The molecule has 2 rings (SSSR count). The summed E-state index contributed by atoms with van der Waals surface area (Å²) in [7, 11) is 0. The molecule has 1 saturated heterocycles. The molecule has 2 atom stereocenters. The van der Waals surface area contributed by atoms with Crippen molar-refractivity contribution in [2.24, 2.45) is 11.8 Å². The van der Waals surface area contributed by atoms with E-state index >= 15 is 0 Å². The summed E-state index contributed by atoms with van der Waals surface area (Å²) in [6.45, 7) is 7.71. The summed E-state index contributed by atoms with van der Waals surface area (Å²) in [4.78, 5) is 25.8. The fraction of sp³-hybridized carbons (Fsp3) is 0.556. The maximum atomic E-state index is 12.1. The third kappa shape index (κ3) is 5.67. The van der Waals surface area contributed by atoms with Crippen LogP contribution in [0.15, 0.2) is 24.3 Å². The highest BCUT2D eigenvalue weighted by Crippen LogP contribution is 2.20. The van der Waals surface area contributed by atoms with Crippen LogP contribution >= 0.6 is 0 Å². The van der Waals surface area contributed by atoms with Gasteiger partial charge in [-0.2, -0.15) is 0 Å². The third-order valence-electron chi connectivity index (χ3n) is 4.02. The van der Waals surface area contributed by atoms with Crippen molar-refractivity contribution in [3.8, 4) is 0 Å². The number of likely N-dealkylation sites (tertiary alicyclic amines) is 1. The van der Waals surface area contributed by atoms with Crippen LogP contribution in [0.25, 0.3) is 0 Å². The van der Waals surface area contributed by atoms with E-state index in [0.717, 1.165) is 30.8 Å². The zero-order valence-corrected chi connectivity index (χ0v) is 14.2. The molecule has 0 spiro atoms. The molecule has 1 heterocycles. The van der Waals surface area contributed by atoms with Crippen LogP contribution in [0.3, 0.4) is 0 Å². The molecule has 23 heavy (non-hydrogen) atoms. The van der Waals surface area contributed by atoms with Crippen molar-refractivity contribution in [3.63, 3.8) is 0 Å². The van der Waals surface area contributed by atoms with E-state index in [2.05, 4.69) is 19.2 Å². The van der Waals surface area contributed by atoms with E-state index in [9.17, 15) is 9.59 Å². The third-order valence-corrected chi connectivity index (χ3v) is 4.02. The first-order chi connectivity index (χ1) is 10.9. The Hall–Kier alpha value is -1.88. The van der Waals surface area contributed by atoms with Gasteiger partial charge in [0.25, 0.3) is 0 Å². The number of nitrogens with one attached hydrogen (secondary N) is 1. The number of carbonyl (C=O) groups excluding carboxylic acids is 2. The molecule has 1 aliphatic rings. The lowest BCUT2D eigenvalue weighted by Gasteiger charge is -2.34. The second-order valence-electron chi connectivity index (χ2n) is 6.65. The summed E-state index contributed by atoms with van der Waals surface area (Å²) in [6.07, 6.45) is 1.16. The number of ether oxygens (including phenoxy) is 1. The van der Waals surface area contributed by atoms with E-state index in [1.165, 1.54) is 0 Å². The Morgan fingerprint density at radius 2 is 1.74 bits per heavy atom. The van der Waals surface area contributed by atoms with Crippen molar-refractivity contribution in [2.75, 3.05) is 31.6 Å². The highest BCUT2D eigenvalue weighted by molar-refractivity contribution is 5.91. The van der Waals surface area contributed by atoms with Gasteiger partial charge in [0.05, 0.1) is 0 Å². The summed E-state index contributed by atoms with van der Waals surface area (Å²) in [6, 6.07) is 7.54. The molecule has 1 aromatic carbocycles. The van der Waals surface area contributed by atoms with Gasteiger partial charge in [-0.05, 0) is 37.3 Å². The monoisotopic (exact) mass is 318 g/mol. The van der Waals surface area contributed by atoms with E-state index in [1.807, 2.05) is 36.1 Å². The van der Waals surface area contributed by atoms with Gasteiger partial charge >= 0.3 is 0 Å². The largest absolute Gasteiger partial charge is 0.362 e. The van der Waals surface area contributed by atoms with Crippen molar-refractivity contribution >= 4 is 17.5 Å². The molecule has 0 unspecified atom stereocenters. The average Bonchev–Trinajstić information content (AvgIpc) is 2.48. The highest BCUT2D eigenvalue weighted by Gasteiger charge is 2.25. The Balaban J connectivity index is 1.70. The molecular weight excluding hydrogens is 292 g/mol. The number of rotatable bonds is 5. The van der Waals surface area contributed by atoms with Gasteiger partial charge in [-0.25, -0.2) is 0 Å². The van der Waals surface area contributed by atoms with Crippen LogP contribution in [0.4, 0.5) is 5.69 Å². The quantitative estimate of drug-likeness (QED) is 0.907. The lowest BCUT2D eigenvalue weighted by Crippen LogP contribution is -2.44.